The molecule has 1 aliphatic rings. The zero-order valence-corrected chi connectivity index (χ0v) is 9.87. The Bertz CT molecular complexity index is 342. The van der Waals surface area contributed by atoms with Gasteiger partial charge in [-0.25, -0.2) is 9.52 Å². The lowest BCUT2D eigenvalue weighted by Gasteiger charge is -2.28. The topological polar surface area (TPSA) is 95.9 Å². The normalized spacial score (nSPS) is 22.8. The van der Waals surface area contributed by atoms with Crippen molar-refractivity contribution in [3.05, 3.63) is 0 Å². The van der Waals surface area contributed by atoms with Crippen molar-refractivity contribution < 1.29 is 23.1 Å². The van der Waals surface area contributed by atoms with Gasteiger partial charge in [-0.1, -0.05) is 0 Å². The zero-order valence-electron chi connectivity index (χ0n) is 9.05. The maximum Gasteiger partial charge on any atom is 0.421 e. The van der Waals surface area contributed by atoms with Gasteiger partial charge in [-0.05, 0) is 19.8 Å². The summed E-state index contributed by atoms with van der Waals surface area (Å²) in [5.41, 5.74) is 0. The van der Waals surface area contributed by atoms with Crippen LogP contribution in [0.3, 0.4) is 0 Å². The number of carbonyl (C=O) groups excluding carboxylic acids is 1. The van der Waals surface area contributed by atoms with E-state index in [0.29, 0.717) is 19.4 Å². The van der Waals surface area contributed by atoms with Crippen LogP contribution >= 0.6 is 0 Å². The van der Waals surface area contributed by atoms with Crippen LogP contribution < -0.4 is 4.72 Å². The molecule has 0 aromatic rings. The third-order valence-corrected chi connectivity index (χ3v) is 3.62. The van der Waals surface area contributed by atoms with Gasteiger partial charge in [0.2, 0.25) is 0 Å². The minimum atomic E-state index is -3.89. The number of nitrogens with zero attached hydrogens (tertiary/aromatic N) is 1. The summed E-state index contributed by atoms with van der Waals surface area (Å²) in [4.78, 5) is 11.0. The molecular formula is C8H16N2O5S. The van der Waals surface area contributed by atoms with Crippen LogP contribution in [0.25, 0.3) is 0 Å². The molecule has 1 aliphatic heterocycles. The van der Waals surface area contributed by atoms with Gasteiger partial charge in [-0.3, -0.25) is 0 Å². The van der Waals surface area contributed by atoms with Crippen LogP contribution in [-0.4, -0.2) is 49.7 Å². The number of amides is 1. The quantitative estimate of drug-likeness (QED) is 0.701. The van der Waals surface area contributed by atoms with E-state index in [-0.39, 0.29) is 13.2 Å². The maximum absolute atomic E-state index is 11.6. The SMILES string of the molecule is CCOC(=O)NS(=O)(=O)N1CCC[C@H](O)C1. The number of hydrogen-bond acceptors (Lipinski definition) is 5. The molecule has 2 N–H and O–H groups in total. The van der Waals surface area contributed by atoms with Crippen molar-refractivity contribution >= 4 is 16.3 Å². The van der Waals surface area contributed by atoms with Crippen molar-refractivity contribution in [2.45, 2.75) is 25.9 Å². The number of aliphatic hydroxyl groups excluding tert-OH is 1. The van der Waals surface area contributed by atoms with E-state index in [4.69, 9.17) is 0 Å². The highest BCUT2D eigenvalue weighted by Crippen LogP contribution is 2.12. The lowest BCUT2D eigenvalue weighted by Crippen LogP contribution is -2.49. The molecule has 94 valence electrons. The lowest BCUT2D eigenvalue weighted by molar-refractivity contribution is 0.106. The van der Waals surface area contributed by atoms with Crippen LogP contribution in [-0.2, 0) is 14.9 Å². The molecule has 0 aromatic carbocycles. The summed E-state index contributed by atoms with van der Waals surface area (Å²) in [6.45, 7) is 1.99. The monoisotopic (exact) mass is 252 g/mol. The number of β-amino-alcohol motifs (C(OH)–C–C–N with tert-alkyl or cyclic N) is 1. The molecule has 1 saturated heterocycles. The molecule has 1 heterocycles. The largest absolute Gasteiger partial charge is 0.449 e. The predicted octanol–water partition coefficient (Wildman–Crippen LogP) is -0.566. The average molecular weight is 252 g/mol. The van der Waals surface area contributed by atoms with Crippen LogP contribution in [0.15, 0.2) is 0 Å². The molecule has 0 radical (unpaired) electrons. The minimum absolute atomic E-state index is 0.00867. The molecule has 0 spiro atoms. The first-order valence-corrected chi connectivity index (χ1v) is 6.52. The van der Waals surface area contributed by atoms with E-state index < -0.39 is 22.4 Å². The molecule has 0 saturated carbocycles. The fourth-order valence-corrected chi connectivity index (χ4v) is 2.61. The molecule has 1 amide bonds. The molecule has 1 atom stereocenters. The summed E-state index contributed by atoms with van der Waals surface area (Å²) in [5, 5.41) is 9.33. The molecule has 0 aromatic heterocycles. The Hall–Kier alpha value is -0.860. The lowest BCUT2D eigenvalue weighted by atomic mass is 10.1. The van der Waals surface area contributed by atoms with Crippen molar-refractivity contribution in [2.75, 3.05) is 19.7 Å². The van der Waals surface area contributed by atoms with Gasteiger partial charge in [0.15, 0.2) is 0 Å². The Kier molecular flexibility index (Phi) is 4.51. The van der Waals surface area contributed by atoms with E-state index in [1.165, 1.54) is 0 Å². The predicted molar refractivity (Wildman–Crippen MR) is 55.9 cm³/mol. The second-order valence-electron chi connectivity index (χ2n) is 3.48. The molecule has 0 aliphatic carbocycles. The Morgan fingerprint density at radius 2 is 2.31 bits per heavy atom. The van der Waals surface area contributed by atoms with Gasteiger partial charge in [0.05, 0.1) is 12.7 Å². The van der Waals surface area contributed by atoms with Gasteiger partial charge in [-0.2, -0.15) is 12.7 Å². The van der Waals surface area contributed by atoms with Crippen molar-refractivity contribution in [1.29, 1.82) is 0 Å². The zero-order chi connectivity index (χ0) is 12.2. The van der Waals surface area contributed by atoms with E-state index >= 15 is 0 Å². The van der Waals surface area contributed by atoms with Gasteiger partial charge in [-0.15, -0.1) is 0 Å². The second kappa shape index (κ2) is 5.46. The Morgan fingerprint density at radius 3 is 2.88 bits per heavy atom. The number of aliphatic hydroxyl groups is 1. The van der Waals surface area contributed by atoms with E-state index in [1.54, 1.807) is 11.6 Å². The average Bonchev–Trinajstić information content (AvgIpc) is 2.17. The van der Waals surface area contributed by atoms with Crippen LogP contribution in [0.2, 0.25) is 0 Å². The van der Waals surface area contributed by atoms with Crippen molar-refractivity contribution in [3.63, 3.8) is 0 Å². The molecule has 1 rings (SSSR count). The van der Waals surface area contributed by atoms with Crippen molar-refractivity contribution in [1.82, 2.24) is 9.03 Å². The van der Waals surface area contributed by atoms with E-state index in [0.717, 1.165) is 4.31 Å². The van der Waals surface area contributed by atoms with Crippen molar-refractivity contribution in [2.24, 2.45) is 0 Å². The van der Waals surface area contributed by atoms with E-state index in [9.17, 15) is 18.3 Å². The highest BCUT2D eigenvalue weighted by atomic mass is 32.2. The number of carbonyl (C=O) groups is 1. The summed E-state index contributed by atoms with van der Waals surface area (Å²) in [6.07, 6.45) is -0.522. The van der Waals surface area contributed by atoms with Crippen LogP contribution in [0, 0.1) is 0 Å². The molecule has 7 nitrogen and oxygen atoms in total. The summed E-state index contributed by atoms with van der Waals surface area (Å²) in [5.74, 6) is 0. The van der Waals surface area contributed by atoms with E-state index in [1.807, 2.05) is 0 Å². The van der Waals surface area contributed by atoms with Crippen molar-refractivity contribution in [3.8, 4) is 0 Å². The van der Waals surface area contributed by atoms with Crippen LogP contribution in [0.1, 0.15) is 19.8 Å². The first-order valence-electron chi connectivity index (χ1n) is 5.08. The van der Waals surface area contributed by atoms with E-state index in [2.05, 4.69) is 4.74 Å². The number of hydrogen-bond donors (Lipinski definition) is 2. The molecular weight excluding hydrogens is 236 g/mol. The third-order valence-electron chi connectivity index (χ3n) is 2.19. The van der Waals surface area contributed by atoms with Gasteiger partial charge < -0.3 is 9.84 Å². The molecule has 0 unspecified atom stereocenters. The first-order chi connectivity index (χ1) is 7.45. The highest BCUT2D eigenvalue weighted by molar-refractivity contribution is 7.87. The molecule has 16 heavy (non-hydrogen) atoms. The van der Waals surface area contributed by atoms with Gasteiger partial charge in [0.25, 0.3) is 0 Å². The standard InChI is InChI=1S/C8H16N2O5S/c1-2-15-8(12)9-16(13,14)10-5-3-4-7(11)6-10/h7,11H,2-6H2,1H3,(H,9,12)/t7-/m0/s1. The minimum Gasteiger partial charge on any atom is -0.449 e. The molecule has 0 bridgehead atoms. The Balaban J connectivity index is 2.59. The molecule has 8 heteroatoms. The summed E-state index contributed by atoms with van der Waals surface area (Å²) in [6, 6.07) is 0. The maximum atomic E-state index is 11.6. The number of ether oxygens (including phenoxy) is 1. The number of rotatable bonds is 3. The Labute approximate surface area is 94.6 Å². The highest BCUT2D eigenvalue weighted by Gasteiger charge is 2.29. The second-order valence-corrected chi connectivity index (χ2v) is 5.15. The van der Waals surface area contributed by atoms with Gasteiger partial charge >= 0.3 is 16.3 Å². The Morgan fingerprint density at radius 1 is 1.62 bits per heavy atom. The number of nitrogens with one attached hydrogen (secondary N) is 1. The fraction of sp³-hybridized carbons (Fsp3) is 0.875. The van der Waals surface area contributed by atoms with Gasteiger partial charge in [0, 0.05) is 13.1 Å². The summed E-state index contributed by atoms with van der Waals surface area (Å²) < 4.78 is 30.5. The van der Waals surface area contributed by atoms with Gasteiger partial charge in [0.1, 0.15) is 0 Å². The fourth-order valence-electron chi connectivity index (χ4n) is 1.47. The smallest absolute Gasteiger partial charge is 0.421 e. The summed E-state index contributed by atoms with van der Waals surface area (Å²) in [7, 11) is -3.89. The molecule has 1 fully saturated rings. The summed E-state index contributed by atoms with van der Waals surface area (Å²) >= 11 is 0. The van der Waals surface area contributed by atoms with Crippen LogP contribution in [0.5, 0.6) is 0 Å². The third kappa shape index (κ3) is 3.62. The number of piperidine rings is 1. The first kappa shape index (κ1) is 13.2. The van der Waals surface area contributed by atoms with Crippen LogP contribution in [0.4, 0.5) is 4.79 Å².